The summed E-state index contributed by atoms with van der Waals surface area (Å²) in [7, 11) is 0. The lowest BCUT2D eigenvalue weighted by atomic mass is 9.97. The van der Waals surface area contributed by atoms with Crippen molar-refractivity contribution >= 4 is 11.3 Å². The fraction of sp³-hybridized carbons (Fsp3) is 0.812. The fourth-order valence-corrected chi connectivity index (χ4v) is 4.12. The van der Waals surface area contributed by atoms with Gasteiger partial charge in [0.2, 0.25) is 0 Å². The SMILES string of the molecule is Cc1csc(C2CCN(CCOCC3CCCO3)CC2)n1. The molecule has 1 aromatic heterocycles. The molecule has 0 bridgehead atoms. The molecule has 3 rings (SSSR count). The van der Waals surface area contributed by atoms with Crippen LogP contribution in [0.15, 0.2) is 5.38 Å². The largest absolute Gasteiger partial charge is 0.377 e. The van der Waals surface area contributed by atoms with Gasteiger partial charge in [0.15, 0.2) is 0 Å². The predicted molar refractivity (Wildman–Crippen MR) is 85.1 cm³/mol. The Morgan fingerprint density at radius 1 is 1.38 bits per heavy atom. The molecule has 4 nitrogen and oxygen atoms in total. The molecule has 0 saturated carbocycles. The third kappa shape index (κ3) is 4.49. The summed E-state index contributed by atoms with van der Waals surface area (Å²) >= 11 is 1.82. The summed E-state index contributed by atoms with van der Waals surface area (Å²) in [6.07, 6.45) is 5.18. The number of piperidine rings is 1. The number of aryl methyl sites for hydroxylation is 1. The Balaban J connectivity index is 1.30. The maximum atomic E-state index is 5.76. The van der Waals surface area contributed by atoms with Gasteiger partial charge in [-0.05, 0) is 45.7 Å². The molecule has 3 heterocycles. The highest BCUT2D eigenvalue weighted by molar-refractivity contribution is 7.09. The standard InChI is InChI=1S/C16H26N2O2S/c1-13-12-21-16(17-13)14-4-6-18(7-5-14)8-10-19-11-15-3-2-9-20-15/h12,14-15H,2-11H2,1H3. The quantitative estimate of drug-likeness (QED) is 0.757. The number of ether oxygens (including phenoxy) is 2. The lowest BCUT2D eigenvalue weighted by Gasteiger charge is -2.30. The molecule has 1 atom stereocenters. The zero-order chi connectivity index (χ0) is 14.5. The second-order valence-electron chi connectivity index (χ2n) is 6.15. The molecule has 0 N–H and O–H groups in total. The average molecular weight is 310 g/mol. The predicted octanol–water partition coefficient (Wildman–Crippen LogP) is 2.83. The highest BCUT2D eigenvalue weighted by atomic mass is 32.1. The van der Waals surface area contributed by atoms with E-state index in [1.165, 1.54) is 49.5 Å². The van der Waals surface area contributed by atoms with Gasteiger partial charge in [-0.3, -0.25) is 0 Å². The first-order chi connectivity index (χ1) is 10.3. The molecule has 0 aliphatic carbocycles. The number of hydrogen-bond acceptors (Lipinski definition) is 5. The van der Waals surface area contributed by atoms with Crippen LogP contribution in [0.1, 0.15) is 42.3 Å². The zero-order valence-electron chi connectivity index (χ0n) is 12.9. The van der Waals surface area contributed by atoms with Gasteiger partial charge in [0, 0.05) is 30.1 Å². The molecule has 2 aliphatic heterocycles. The molecule has 0 aromatic carbocycles. The average Bonchev–Trinajstić information content (AvgIpc) is 3.16. The molecular formula is C16H26N2O2S. The summed E-state index contributed by atoms with van der Waals surface area (Å²) in [5.74, 6) is 0.674. The van der Waals surface area contributed by atoms with Crippen molar-refractivity contribution in [3.8, 4) is 0 Å². The molecule has 21 heavy (non-hydrogen) atoms. The van der Waals surface area contributed by atoms with Crippen molar-refractivity contribution in [2.45, 2.75) is 44.6 Å². The van der Waals surface area contributed by atoms with E-state index < -0.39 is 0 Å². The summed E-state index contributed by atoms with van der Waals surface area (Å²) in [6, 6.07) is 0. The lowest BCUT2D eigenvalue weighted by Crippen LogP contribution is -2.35. The van der Waals surface area contributed by atoms with Crippen LogP contribution in [0.3, 0.4) is 0 Å². The number of likely N-dealkylation sites (tertiary alicyclic amines) is 1. The molecule has 0 amide bonds. The van der Waals surface area contributed by atoms with Crippen LogP contribution >= 0.6 is 11.3 Å². The lowest BCUT2D eigenvalue weighted by molar-refractivity contribution is 0.00878. The normalized spacial score (nSPS) is 24.7. The van der Waals surface area contributed by atoms with Crippen molar-refractivity contribution in [1.29, 1.82) is 0 Å². The number of aromatic nitrogens is 1. The van der Waals surface area contributed by atoms with E-state index in [4.69, 9.17) is 9.47 Å². The van der Waals surface area contributed by atoms with E-state index in [0.29, 0.717) is 12.0 Å². The number of hydrogen-bond donors (Lipinski definition) is 0. The van der Waals surface area contributed by atoms with E-state index in [2.05, 4.69) is 22.2 Å². The van der Waals surface area contributed by atoms with E-state index in [-0.39, 0.29) is 0 Å². The smallest absolute Gasteiger partial charge is 0.0960 e. The molecule has 0 spiro atoms. The second-order valence-corrected chi connectivity index (χ2v) is 7.04. The summed E-state index contributed by atoms with van der Waals surface area (Å²) in [6.45, 7) is 8.00. The Labute approximate surface area is 131 Å². The maximum absolute atomic E-state index is 5.76. The van der Waals surface area contributed by atoms with Crippen molar-refractivity contribution in [1.82, 2.24) is 9.88 Å². The summed E-state index contributed by atoms with van der Waals surface area (Å²) in [4.78, 5) is 7.16. The third-order valence-corrected chi connectivity index (χ3v) is 5.58. The van der Waals surface area contributed by atoms with Crippen molar-refractivity contribution in [2.75, 3.05) is 39.5 Å². The first-order valence-corrected chi connectivity index (χ1v) is 9.03. The van der Waals surface area contributed by atoms with Gasteiger partial charge in [-0.25, -0.2) is 4.98 Å². The van der Waals surface area contributed by atoms with E-state index in [9.17, 15) is 0 Å². The Morgan fingerprint density at radius 2 is 2.24 bits per heavy atom. The molecule has 1 unspecified atom stereocenters. The summed E-state index contributed by atoms with van der Waals surface area (Å²) < 4.78 is 11.3. The van der Waals surface area contributed by atoms with Crippen molar-refractivity contribution in [3.05, 3.63) is 16.1 Å². The highest BCUT2D eigenvalue weighted by Gasteiger charge is 2.22. The molecular weight excluding hydrogens is 284 g/mol. The van der Waals surface area contributed by atoms with Crippen LogP contribution in [-0.2, 0) is 9.47 Å². The van der Waals surface area contributed by atoms with E-state index in [0.717, 1.165) is 26.4 Å². The molecule has 5 heteroatoms. The number of thiazole rings is 1. The fourth-order valence-electron chi connectivity index (χ4n) is 3.15. The zero-order valence-corrected chi connectivity index (χ0v) is 13.7. The monoisotopic (exact) mass is 310 g/mol. The number of nitrogens with zero attached hydrogens (tertiary/aromatic N) is 2. The van der Waals surface area contributed by atoms with Gasteiger partial charge in [-0.2, -0.15) is 0 Å². The van der Waals surface area contributed by atoms with Gasteiger partial charge < -0.3 is 14.4 Å². The number of rotatable bonds is 6. The van der Waals surface area contributed by atoms with Gasteiger partial charge in [0.25, 0.3) is 0 Å². The van der Waals surface area contributed by atoms with Crippen LogP contribution in [0.5, 0.6) is 0 Å². The Hall–Kier alpha value is -0.490. The Bertz CT molecular complexity index is 424. The van der Waals surface area contributed by atoms with Crippen molar-refractivity contribution < 1.29 is 9.47 Å². The summed E-state index contributed by atoms with van der Waals surface area (Å²) in [5.41, 5.74) is 1.17. The first kappa shape index (κ1) is 15.4. The van der Waals surface area contributed by atoms with Crippen LogP contribution in [0.4, 0.5) is 0 Å². The van der Waals surface area contributed by atoms with Crippen LogP contribution in [0.2, 0.25) is 0 Å². The molecule has 1 aromatic rings. The highest BCUT2D eigenvalue weighted by Crippen LogP contribution is 2.29. The third-order valence-electron chi connectivity index (χ3n) is 4.45. The van der Waals surface area contributed by atoms with Crippen LogP contribution < -0.4 is 0 Å². The topological polar surface area (TPSA) is 34.6 Å². The van der Waals surface area contributed by atoms with Crippen LogP contribution in [0, 0.1) is 6.92 Å². The Kier molecular flexibility index (Phi) is 5.63. The minimum Gasteiger partial charge on any atom is -0.377 e. The van der Waals surface area contributed by atoms with E-state index in [1.54, 1.807) is 0 Å². The minimum atomic E-state index is 0.351. The van der Waals surface area contributed by atoms with Crippen molar-refractivity contribution in [3.63, 3.8) is 0 Å². The summed E-state index contributed by atoms with van der Waals surface area (Å²) in [5, 5.41) is 3.50. The van der Waals surface area contributed by atoms with Gasteiger partial charge in [0.1, 0.15) is 0 Å². The Morgan fingerprint density at radius 3 is 2.90 bits per heavy atom. The van der Waals surface area contributed by atoms with Crippen LogP contribution in [-0.4, -0.2) is 55.4 Å². The van der Waals surface area contributed by atoms with E-state index >= 15 is 0 Å². The second kappa shape index (κ2) is 7.68. The van der Waals surface area contributed by atoms with E-state index in [1.807, 2.05) is 11.3 Å². The molecule has 0 radical (unpaired) electrons. The first-order valence-electron chi connectivity index (χ1n) is 8.15. The van der Waals surface area contributed by atoms with Gasteiger partial charge >= 0.3 is 0 Å². The molecule has 2 fully saturated rings. The van der Waals surface area contributed by atoms with Gasteiger partial charge in [-0.1, -0.05) is 0 Å². The molecule has 2 aliphatic rings. The molecule has 118 valence electrons. The van der Waals surface area contributed by atoms with Gasteiger partial charge in [-0.15, -0.1) is 11.3 Å². The minimum absolute atomic E-state index is 0.351. The van der Waals surface area contributed by atoms with Crippen LogP contribution in [0.25, 0.3) is 0 Å². The molecule has 2 saturated heterocycles. The van der Waals surface area contributed by atoms with Crippen molar-refractivity contribution in [2.24, 2.45) is 0 Å². The maximum Gasteiger partial charge on any atom is 0.0960 e. The van der Waals surface area contributed by atoms with Gasteiger partial charge in [0.05, 0.1) is 24.3 Å².